The summed E-state index contributed by atoms with van der Waals surface area (Å²) in [6.07, 6.45) is 3.59. The summed E-state index contributed by atoms with van der Waals surface area (Å²) in [4.78, 5) is 14.3. The Labute approximate surface area is 91.5 Å². The molecule has 1 heterocycles. The lowest BCUT2D eigenvalue weighted by Crippen LogP contribution is -1.99. The van der Waals surface area contributed by atoms with Crippen molar-refractivity contribution in [2.24, 2.45) is 0 Å². The van der Waals surface area contributed by atoms with Gasteiger partial charge in [-0.15, -0.1) is 0 Å². The molecule has 1 rings (SSSR count). The van der Waals surface area contributed by atoms with Crippen molar-refractivity contribution in [3.05, 3.63) is 34.9 Å². The van der Waals surface area contributed by atoms with Gasteiger partial charge in [-0.3, -0.25) is 0 Å². The Hall–Kier alpha value is -1.42. The second kappa shape index (κ2) is 5.46. The molecule has 5 heteroatoms. The fourth-order valence-electron chi connectivity index (χ4n) is 0.903. The summed E-state index contributed by atoms with van der Waals surface area (Å²) in [5.74, 6) is -1.21. The standard InChI is InChI=1S/C10H9ClFNO2/c1-2-15-9(14)4-3-7-5-8(11)6-13-10(7)12/h3-6H,2H2,1H3. The summed E-state index contributed by atoms with van der Waals surface area (Å²) in [7, 11) is 0. The number of hydrogen-bond acceptors (Lipinski definition) is 3. The lowest BCUT2D eigenvalue weighted by atomic mass is 10.2. The number of aromatic nitrogens is 1. The van der Waals surface area contributed by atoms with Crippen molar-refractivity contribution in [2.75, 3.05) is 6.61 Å². The Morgan fingerprint density at radius 3 is 3.13 bits per heavy atom. The number of hydrogen-bond donors (Lipinski definition) is 0. The van der Waals surface area contributed by atoms with Crippen LogP contribution in [0.4, 0.5) is 4.39 Å². The maximum Gasteiger partial charge on any atom is 0.330 e. The Kier molecular flexibility index (Phi) is 4.24. The van der Waals surface area contributed by atoms with E-state index in [1.54, 1.807) is 6.92 Å². The fraction of sp³-hybridized carbons (Fsp3) is 0.200. The third-order valence-electron chi connectivity index (χ3n) is 1.52. The van der Waals surface area contributed by atoms with Gasteiger partial charge >= 0.3 is 5.97 Å². The third-order valence-corrected chi connectivity index (χ3v) is 1.73. The van der Waals surface area contributed by atoms with Crippen LogP contribution >= 0.6 is 11.6 Å². The molecule has 0 radical (unpaired) electrons. The van der Waals surface area contributed by atoms with Gasteiger partial charge in [0.25, 0.3) is 0 Å². The molecule has 0 saturated heterocycles. The Morgan fingerprint density at radius 2 is 2.47 bits per heavy atom. The smallest absolute Gasteiger partial charge is 0.330 e. The number of halogens is 2. The maximum atomic E-state index is 13.0. The minimum atomic E-state index is -0.681. The predicted molar refractivity (Wildman–Crippen MR) is 54.9 cm³/mol. The number of rotatable bonds is 3. The zero-order valence-corrected chi connectivity index (χ0v) is 8.79. The van der Waals surface area contributed by atoms with Gasteiger partial charge < -0.3 is 4.74 Å². The van der Waals surface area contributed by atoms with Crippen LogP contribution in [-0.2, 0) is 9.53 Å². The highest BCUT2D eigenvalue weighted by atomic mass is 35.5. The number of carbonyl (C=O) groups is 1. The number of ether oxygens (including phenoxy) is 1. The minimum Gasteiger partial charge on any atom is -0.463 e. The average molecular weight is 230 g/mol. The largest absolute Gasteiger partial charge is 0.463 e. The molecule has 15 heavy (non-hydrogen) atoms. The van der Waals surface area contributed by atoms with E-state index in [4.69, 9.17) is 11.6 Å². The van der Waals surface area contributed by atoms with E-state index < -0.39 is 11.9 Å². The van der Waals surface area contributed by atoms with Gasteiger partial charge in [-0.2, -0.15) is 4.39 Å². The van der Waals surface area contributed by atoms with Gasteiger partial charge in [0.05, 0.1) is 11.6 Å². The molecular weight excluding hydrogens is 221 g/mol. The molecule has 0 spiro atoms. The van der Waals surface area contributed by atoms with Gasteiger partial charge in [0, 0.05) is 17.8 Å². The molecule has 0 aliphatic carbocycles. The molecule has 80 valence electrons. The molecular formula is C10H9ClFNO2. The molecule has 1 aromatic heterocycles. The molecule has 1 aromatic rings. The summed E-state index contributed by atoms with van der Waals surface area (Å²) in [5, 5.41) is 0.305. The van der Waals surface area contributed by atoms with Gasteiger partial charge in [0.2, 0.25) is 5.95 Å². The summed E-state index contributed by atoms with van der Waals surface area (Å²) in [5.41, 5.74) is 0.149. The van der Waals surface area contributed by atoms with Crippen LogP contribution < -0.4 is 0 Å². The number of nitrogens with zero attached hydrogens (tertiary/aromatic N) is 1. The van der Waals surface area contributed by atoms with E-state index in [0.717, 1.165) is 6.08 Å². The summed E-state index contributed by atoms with van der Waals surface area (Å²) < 4.78 is 17.7. The molecule has 0 fully saturated rings. The van der Waals surface area contributed by atoms with Crippen molar-refractivity contribution >= 4 is 23.6 Å². The SMILES string of the molecule is CCOC(=O)C=Cc1cc(Cl)cnc1F. The fourth-order valence-corrected chi connectivity index (χ4v) is 1.07. The van der Waals surface area contributed by atoms with E-state index in [9.17, 15) is 9.18 Å². The second-order valence-electron chi connectivity index (χ2n) is 2.62. The first-order chi connectivity index (χ1) is 7.13. The molecule has 0 unspecified atom stereocenters. The minimum absolute atomic E-state index is 0.149. The highest BCUT2D eigenvalue weighted by Crippen LogP contribution is 2.13. The maximum absolute atomic E-state index is 13.0. The van der Waals surface area contributed by atoms with E-state index >= 15 is 0 Å². The first kappa shape index (κ1) is 11.7. The van der Waals surface area contributed by atoms with Crippen LogP contribution in [0.2, 0.25) is 5.02 Å². The van der Waals surface area contributed by atoms with Gasteiger partial charge in [-0.25, -0.2) is 9.78 Å². The Morgan fingerprint density at radius 1 is 1.73 bits per heavy atom. The van der Waals surface area contributed by atoms with Crippen molar-refractivity contribution in [3.8, 4) is 0 Å². The molecule has 0 amide bonds. The Balaban J connectivity index is 2.79. The third kappa shape index (κ3) is 3.67. The van der Waals surface area contributed by atoms with Crippen LogP contribution in [-0.4, -0.2) is 17.6 Å². The molecule has 0 atom stereocenters. The lowest BCUT2D eigenvalue weighted by molar-refractivity contribution is -0.137. The molecule has 0 saturated carbocycles. The van der Waals surface area contributed by atoms with Crippen LogP contribution in [0.1, 0.15) is 12.5 Å². The molecule has 0 aliphatic rings. The second-order valence-corrected chi connectivity index (χ2v) is 3.06. The first-order valence-corrected chi connectivity index (χ1v) is 4.67. The first-order valence-electron chi connectivity index (χ1n) is 4.29. The van der Waals surface area contributed by atoms with E-state index in [2.05, 4.69) is 9.72 Å². The summed E-state index contributed by atoms with van der Waals surface area (Å²) in [6, 6.07) is 1.37. The van der Waals surface area contributed by atoms with Gasteiger partial charge in [0.1, 0.15) is 0 Å². The zero-order chi connectivity index (χ0) is 11.3. The number of esters is 1. The van der Waals surface area contributed by atoms with Crippen LogP contribution in [0.5, 0.6) is 0 Å². The zero-order valence-electron chi connectivity index (χ0n) is 8.04. The number of pyridine rings is 1. The van der Waals surface area contributed by atoms with Crippen molar-refractivity contribution in [1.82, 2.24) is 4.98 Å². The van der Waals surface area contributed by atoms with E-state index in [1.807, 2.05) is 0 Å². The van der Waals surface area contributed by atoms with E-state index in [0.29, 0.717) is 5.02 Å². The monoisotopic (exact) mass is 229 g/mol. The van der Waals surface area contributed by atoms with Crippen molar-refractivity contribution in [1.29, 1.82) is 0 Å². The summed E-state index contributed by atoms with van der Waals surface area (Å²) in [6.45, 7) is 1.96. The van der Waals surface area contributed by atoms with Crippen molar-refractivity contribution in [2.45, 2.75) is 6.92 Å². The molecule has 0 aliphatic heterocycles. The van der Waals surface area contributed by atoms with Crippen LogP contribution in [0.3, 0.4) is 0 Å². The molecule has 0 bridgehead atoms. The Bertz CT molecular complexity index is 393. The van der Waals surface area contributed by atoms with Crippen molar-refractivity contribution in [3.63, 3.8) is 0 Å². The van der Waals surface area contributed by atoms with Crippen molar-refractivity contribution < 1.29 is 13.9 Å². The average Bonchev–Trinajstić information content (AvgIpc) is 2.20. The summed E-state index contributed by atoms with van der Waals surface area (Å²) >= 11 is 5.61. The molecule has 0 N–H and O–H groups in total. The topological polar surface area (TPSA) is 39.2 Å². The van der Waals surface area contributed by atoms with E-state index in [1.165, 1.54) is 18.3 Å². The lowest BCUT2D eigenvalue weighted by Gasteiger charge is -1.97. The highest BCUT2D eigenvalue weighted by molar-refractivity contribution is 6.30. The van der Waals surface area contributed by atoms with Crippen LogP contribution in [0.15, 0.2) is 18.3 Å². The van der Waals surface area contributed by atoms with Gasteiger partial charge in [-0.1, -0.05) is 11.6 Å². The van der Waals surface area contributed by atoms with Crippen LogP contribution in [0, 0.1) is 5.95 Å². The van der Waals surface area contributed by atoms with E-state index in [-0.39, 0.29) is 12.2 Å². The normalized spacial score (nSPS) is 10.6. The van der Waals surface area contributed by atoms with Gasteiger partial charge in [-0.05, 0) is 19.1 Å². The predicted octanol–water partition coefficient (Wildman–Crippen LogP) is 2.45. The molecule has 0 aromatic carbocycles. The quantitative estimate of drug-likeness (QED) is 0.454. The van der Waals surface area contributed by atoms with Gasteiger partial charge in [0.15, 0.2) is 0 Å². The van der Waals surface area contributed by atoms with Crippen LogP contribution in [0.25, 0.3) is 6.08 Å². The number of carbonyl (C=O) groups excluding carboxylic acids is 1. The molecule has 3 nitrogen and oxygen atoms in total. The highest BCUT2D eigenvalue weighted by Gasteiger charge is 2.02.